The topological polar surface area (TPSA) is 30.9 Å². The Labute approximate surface area is 179 Å². The van der Waals surface area contributed by atoms with Crippen LogP contribution in [-0.4, -0.2) is 60.5 Å². The predicted octanol–water partition coefficient (Wildman–Crippen LogP) is 3.80. The molecule has 7 heteroatoms. The molecule has 148 valence electrons. The third kappa shape index (κ3) is 7.23. The van der Waals surface area contributed by atoms with Crippen LogP contribution in [0.5, 0.6) is 0 Å². The maximum absolute atomic E-state index is 13.9. The fraction of sp³-hybridized carbons (Fsp3) is 0.632. The molecule has 26 heavy (non-hydrogen) atoms. The minimum atomic E-state index is -0.146. The van der Waals surface area contributed by atoms with Crippen LogP contribution in [0.2, 0.25) is 0 Å². The van der Waals surface area contributed by atoms with Gasteiger partial charge in [-0.25, -0.2) is 9.38 Å². The van der Waals surface area contributed by atoms with E-state index in [2.05, 4.69) is 35.8 Å². The molecule has 2 rings (SSSR count). The van der Waals surface area contributed by atoms with Gasteiger partial charge in [-0.15, -0.1) is 24.0 Å². The Hall–Kier alpha value is -0.540. The second kappa shape index (κ2) is 12.0. The molecule has 0 aromatic heterocycles. The van der Waals surface area contributed by atoms with Gasteiger partial charge in [0.15, 0.2) is 5.96 Å². The van der Waals surface area contributed by atoms with E-state index in [1.54, 1.807) is 6.07 Å². The van der Waals surface area contributed by atoms with E-state index in [1.165, 1.54) is 6.42 Å². The van der Waals surface area contributed by atoms with Crippen molar-refractivity contribution in [2.45, 2.75) is 38.6 Å². The zero-order chi connectivity index (χ0) is 18.2. The van der Waals surface area contributed by atoms with E-state index in [9.17, 15) is 4.39 Å². The molecule has 1 aliphatic heterocycles. The lowest BCUT2D eigenvalue weighted by Crippen LogP contribution is -2.48. The van der Waals surface area contributed by atoms with Crippen LogP contribution in [0.4, 0.5) is 4.39 Å². The van der Waals surface area contributed by atoms with Gasteiger partial charge in [-0.2, -0.15) is 11.8 Å². The van der Waals surface area contributed by atoms with Crippen LogP contribution in [0, 0.1) is 5.82 Å². The molecule has 0 saturated carbocycles. The van der Waals surface area contributed by atoms with Crippen molar-refractivity contribution in [1.82, 2.24) is 15.1 Å². The van der Waals surface area contributed by atoms with Gasteiger partial charge in [-0.05, 0) is 45.1 Å². The molecule has 1 unspecified atom stereocenters. The summed E-state index contributed by atoms with van der Waals surface area (Å²) in [7, 11) is 3.90. The number of hydrogen-bond acceptors (Lipinski definition) is 3. The van der Waals surface area contributed by atoms with Gasteiger partial charge in [0.1, 0.15) is 5.82 Å². The van der Waals surface area contributed by atoms with Gasteiger partial charge in [0.25, 0.3) is 0 Å². The number of nitrogens with zero attached hydrogens (tertiary/aromatic N) is 3. The van der Waals surface area contributed by atoms with Crippen LogP contribution < -0.4 is 5.32 Å². The van der Waals surface area contributed by atoms with Gasteiger partial charge < -0.3 is 15.1 Å². The number of thioether (sulfide) groups is 1. The molecular formula is C19H32FIN4S. The van der Waals surface area contributed by atoms with Crippen LogP contribution in [0.3, 0.4) is 0 Å². The fourth-order valence-corrected chi connectivity index (χ4v) is 4.12. The average molecular weight is 494 g/mol. The summed E-state index contributed by atoms with van der Waals surface area (Å²) in [4.78, 5) is 9.15. The van der Waals surface area contributed by atoms with Crippen molar-refractivity contribution in [3.05, 3.63) is 35.1 Å². The Kier molecular flexibility index (Phi) is 10.9. The minimum Gasteiger partial charge on any atom is -0.357 e. The molecule has 4 nitrogen and oxygen atoms in total. The number of nitrogens with one attached hydrogen (secondary N) is 1. The Bertz CT molecular complexity index is 583. The summed E-state index contributed by atoms with van der Waals surface area (Å²) in [5.41, 5.74) is 1.77. The van der Waals surface area contributed by atoms with Crippen LogP contribution in [-0.2, 0) is 13.1 Å². The van der Waals surface area contributed by atoms with Crippen molar-refractivity contribution in [2.24, 2.45) is 4.99 Å². The molecule has 1 N–H and O–H groups in total. The summed E-state index contributed by atoms with van der Waals surface area (Å²) in [5.74, 6) is 1.97. The molecular weight excluding hydrogens is 462 g/mol. The maximum atomic E-state index is 13.9. The Morgan fingerprint density at radius 1 is 1.38 bits per heavy atom. The summed E-state index contributed by atoms with van der Waals surface area (Å²) in [5, 5.41) is 4.09. The van der Waals surface area contributed by atoms with E-state index in [-0.39, 0.29) is 29.8 Å². The average Bonchev–Trinajstić information content (AvgIpc) is 2.60. The number of rotatable bonds is 6. The van der Waals surface area contributed by atoms with Crippen molar-refractivity contribution in [2.75, 3.05) is 39.5 Å². The normalized spacial score (nSPS) is 18.0. The first-order chi connectivity index (χ1) is 12.0. The molecule has 1 saturated heterocycles. The van der Waals surface area contributed by atoms with E-state index in [1.807, 2.05) is 31.1 Å². The second-order valence-corrected chi connectivity index (χ2v) is 8.09. The van der Waals surface area contributed by atoms with E-state index in [0.717, 1.165) is 42.5 Å². The standard InChI is InChI=1S/C19H31FN4S.HI/c1-5-17-14-24(9-10-25-17)19(21-6-2)22-12-15-7-8-18(20)16(11-15)13-23(3)4;/h7-8,11,17H,5-6,9-10,12-14H2,1-4H3,(H,21,22);1H. The van der Waals surface area contributed by atoms with Gasteiger partial charge in [0, 0.05) is 42.7 Å². The lowest BCUT2D eigenvalue weighted by atomic mass is 10.1. The molecule has 0 amide bonds. The van der Waals surface area contributed by atoms with Crippen molar-refractivity contribution in [3.8, 4) is 0 Å². The molecule has 1 atom stereocenters. The van der Waals surface area contributed by atoms with Crippen molar-refractivity contribution in [1.29, 1.82) is 0 Å². The first kappa shape index (κ1) is 23.5. The summed E-state index contributed by atoms with van der Waals surface area (Å²) in [6, 6.07) is 5.33. The van der Waals surface area contributed by atoms with Gasteiger partial charge >= 0.3 is 0 Å². The van der Waals surface area contributed by atoms with Gasteiger partial charge in [-0.1, -0.05) is 13.0 Å². The summed E-state index contributed by atoms with van der Waals surface area (Å²) >= 11 is 2.06. The predicted molar refractivity (Wildman–Crippen MR) is 122 cm³/mol. The third-order valence-corrected chi connectivity index (χ3v) is 5.61. The van der Waals surface area contributed by atoms with Crippen LogP contribution in [0.25, 0.3) is 0 Å². The Morgan fingerprint density at radius 2 is 2.15 bits per heavy atom. The SMILES string of the molecule is CCNC(=NCc1ccc(F)c(CN(C)C)c1)N1CCSC(CC)C1.I. The first-order valence-electron chi connectivity index (χ1n) is 9.10. The molecule has 1 heterocycles. The first-order valence-corrected chi connectivity index (χ1v) is 10.1. The maximum Gasteiger partial charge on any atom is 0.194 e. The van der Waals surface area contributed by atoms with Crippen molar-refractivity contribution >= 4 is 41.7 Å². The van der Waals surface area contributed by atoms with Crippen LogP contribution in [0.1, 0.15) is 31.4 Å². The highest BCUT2D eigenvalue weighted by molar-refractivity contribution is 14.0. The summed E-state index contributed by atoms with van der Waals surface area (Å²) in [6.45, 7) is 8.45. The smallest absolute Gasteiger partial charge is 0.194 e. The number of benzene rings is 1. The Morgan fingerprint density at radius 3 is 2.81 bits per heavy atom. The highest BCUT2D eigenvalue weighted by Gasteiger charge is 2.21. The molecule has 0 bridgehead atoms. The highest BCUT2D eigenvalue weighted by atomic mass is 127. The number of guanidine groups is 1. The fourth-order valence-electron chi connectivity index (χ4n) is 2.94. The van der Waals surface area contributed by atoms with E-state index in [4.69, 9.17) is 4.99 Å². The lowest BCUT2D eigenvalue weighted by molar-refractivity contribution is 0.392. The molecule has 0 radical (unpaired) electrons. The molecule has 1 aromatic carbocycles. The largest absolute Gasteiger partial charge is 0.357 e. The molecule has 0 spiro atoms. The zero-order valence-electron chi connectivity index (χ0n) is 16.3. The molecule has 1 fully saturated rings. The zero-order valence-corrected chi connectivity index (χ0v) is 19.4. The molecule has 0 aliphatic carbocycles. The minimum absolute atomic E-state index is 0. The van der Waals surface area contributed by atoms with E-state index >= 15 is 0 Å². The quantitative estimate of drug-likeness (QED) is 0.371. The summed E-state index contributed by atoms with van der Waals surface area (Å²) < 4.78 is 13.9. The van der Waals surface area contributed by atoms with E-state index < -0.39 is 0 Å². The highest BCUT2D eigenvalue weighted by Crippen LogP contribution is 2.21. The summed E-state index contributed by atoms with van der Waals surface area (Å²) in [6.07, 6.45) is 1.19. The third-order valence-electron chi connectivity index (χ3n) is 4.24. The Balaban J connectivity index is 0.00000338. The second-order valence-electron chi connectivity index (χ2n) is 6.68. The van der Waals surface area contributed by atoms with Crippen LogP contribution >= 0.6 is 35.7 Å². The number of hydrogen-bond donors (Lipinski definition) is 1. The van der Waals surface area contributed by atoms with E-state index in [0.29, 0.717) is 18.3 Å². The number of halogens is 2. The van der Waals surface area contributed by atoms with Crippen molar-refractivity contribution in [3.63, 3.8) is 0 Å². The molecule has 1 aliphatic rings. The molecule has 1 aromatic rings. The van der Waals surface area contributed by atoms with Gasteiger partial charge in [-0.3, -0.25) is 0 Å². The van der Waals surface area contributed by atoms with Gasteiger partial charge in [0.2, 0.25) is 0 Å². The monoisotopic (exact) mass is 494 g/mol. The number of aliphatic imine (C=N–C) groups is 1. The van der Waals surface area contributed by atoms with Gasteiger partial charge in [0.05, 0.1) is 6.54 Å². The van der Waals surface area contributed by atoms with Crippen LogP contribution in [0.15, 0.2) is 23.2 Å². The van der Waals surface area contributed by atoms with Crippen molar-refractivity contribution < 1.29 is 4.39 Å². The lowest BCUT2D eigenvalue weighted by Gasteiger charge is -2.34.